The predicted octanol–water partition coefficient (Wildman–Crippen LogP) is 3.75. The molecule has 0 spiro atoms. The van der Waals surface area contributed by atoms with Crippen LogP contribution in [0.3, 0.4) is 0 Å². The summed E-state index contributed by atoms with van der Waals surface area (Å²) in [6.45, 7) is 0.358. The van der Waals surface area contributed by atoms with Crippen LogP contribution in [0.5, 0.6) is 5.75 Å². The third-order valence-electron chi connectivity index (χ3n) is 3.19. The normalized spacial score (nSPS) is 11.0. The maximum absolute atomic E-state index is 13.1. The molecule has 2 N–H and O–H groups in total. The summed E-state index contributed by atoms with van der Waals surface area (Å²) in [5, 5.41) is 0.884. The highest BCUT2D eigenvalue weighted by Crippen LogP contribution is 2.27. The average molecular weight is 289 g/mol. The molecule has 1 aromatic heterocycles. The number of ether oxygens (including phenoxy) is 1. The Bertz CT molecular complexity index is 763. The molecule has 0 bridgehead atoms. The number of hydrogen-bond acceptors (Lipinski definition) is 3. The maximum Gasteiger partial charge on any atom is 0.134 e. The van der Waals surface area contributed by atoms with E-state index in [4.69, 9.17) is 14.9 Å². The van der Waals surface area contributed by atoms with Gasteiger partial charge in [0.15, 0.2) is 0 Å². The lowest BCUT2D eigenvalue weighted by atomic mass is 10.1. The molecular formula is C16H13F2NO2. The molecule has 0 atom stereocenters. The summed E-state index contributed by atoms with van der Waals surface area (Å²) < 4.78 is 37.4. The van der Waals surface area contributed by atoms with Crippen molar-refractivity contribution in [3.05, 3.63) is 65.4 Å². The van der Waals surface area contributed by atoms with E-state index in [1.54, 1.807) is 0 Å². The van der Waals surface area contributed by atoms with Crippen molar-refractivity contribution in [3.8, 4) is 5.75 Å². The SMILES string of the molecule is NCc1oc2ccccc2c1COc1cc(F)cc(F)c1. The number of para-hydroxylation sites is 1. The van der Waals surface area contributed by atoms with E-state index in [2.05, 4.69) is 0 Å². The first-order valence-electron chi connectivity index (χ1n) is 6.45. The van der Waals surface area contributed by atoms with E-state index in [-0.39, 0.29) is 18.9 Å². The van der Waals surface area contributed by atoms with Crippen LogP contribution in [0, 0.1) is 11.6 Å². The topological polar surface area (TPSA) is 48.4 Å². The van der Waals surface area contributed by atoms with Crippen LogP contribution < -0.4 is 10.5 Å². The van der Waals surface area contributed by atoms with Crippen molar-refractivity contribution in [3.63, 3.8) is 0 Å². The minimum absolute atomic E-state index is 0.126. The molecular weight excluding hydrogens is 276 g/mol. The summed E-state index contributed by atoms with van der Waals surface area (Å²) in [6.07, 6.45) is 0. The van der Waals surface area contributed by atoms with Gasteiger partial charge in [-0.2, -0.15) is 0 Å². The molecule has 1 heterocycles. The van der Waals surface area contributed by atoms with Gasteiger partial charge in [0.25, 0.3) is 0 Å². The Morgan fingerprint density at radius 3 is 2.48 bits per heavy atom. The summed E-state index contributed by atoms with van der Waals surface area (Å²) in [5.41, 5.74) is 7.16. The van der Waals surface area contributed by atoms with Gasteiger partial charge in [0, 0.05) is 29.1 Å². The number of hydrogen-bond donors (Lipinski definition) is 1. The maximum atomic E-state index is 13.1. The Labute approximate surface area is 119 Å². The van der Waals surface area contributed by atoms with Crippen molar-refractivity contribution in [2.75, 3.05) is 0 Å². The van der Waals surface area contributed by atoms with Crippen molar-refractivity contribution in [1.29, 1.82) is 0 Å². The molecule has 108 valence electrons. The third kappa shape index (κ3) is 2.73. The van der Waals surface area contributed by atoms with Crippen molar-refractivity contribution >= 4 is 11.0 Å². The Balaban J connectivity index is 1.90. The lowest BCUT2D eigenvalue weighted by Crippen LogP contribution is -2.02. The van der Waals surface area contributed by atoms with Crippen LogP contribution in [0.15, 0.2) is 46.9 Å². The van der Waals surface area contributed by atoms with Gasteiger partial charge >= 0.3 is 0 Å². The summed E-state index contributed by atoms with van der Waals surface area (Å²) in [4.78, 5) is 0. The van der Waals surface area contributed by atoms with Gasteiger partial charge in [-0.3, -0.25) is 0 Å². The van der Waals surface area contributed by atoms with E-state index in [9.17, 15) is 8.78 Å². The Kier molecular flexibility index (Phi) is 3.58. The predicted molar refractivity (Wildman–Crippen MR) is 74.8 cm³/mol. The van der Waals surface area contributed by atoms with Gasteiger partial charge in [0.1, 0.15) is 35.3 Å². The number of rotatable bonds is 4. The smallest absolute Gasteiger partial charge is 0.134 e. The van der Waals surface area contributed by atoms with Gasteiger partial charge in [-0.1, -0.05) is 18.2 Å². The number of nitrogens with two attached hydrogens (primary N) is 1. The van der Waals surface area contributed by atoms with Gasteiger partial charge in [-0.25, -0.2) is 8.78 Å². The molecule has 0 saturated carbocycles. The molecule has 0 aliphatic rings. The van der Waals surface area contributed by atoms with E-state index >= 15 is 0 Å². The lowest BCUT2D eigenvalue weighted by molar-refractivity contribution is 0.300. The fraction of sp³-hybridized carbons (Fsp3) is 0.125. The van der Waals surface area contributed by atoms with Crippen LogP contribution in [0.2, 0.25) is 0 Å². The zero-order chi connectivity index (χ0) is 14.8. The molecule has 0 fully saturated rings. The van der Waals surface area contributed by atoms with Crippen LogP contribution in [0.25, 0.3) is 11.0 Å². The Morgan fingerprint density at radius 1 is 1.05 bits per heavy atom. The second kappa shape index (κ2) is 5.54. The van der Waals surface area contributed by atoms with Crippen LogP contribution >= 0.6 is 0 Å². The Hall–Kier alpha value is -2.40. The van der Waals surface area contributed by atoms with Crippen molar-refractivity contribution in [1.82, 2.24) is 0 Å². The molecule has 0 amide bonds. The second-order valence-corrected chi connectivity index (χ2v) is 4.60. The second-order valence-electron chi connectivity index (χ2n) is 4.60. The molecule has 0 unspecified atom stereocenters. The van der Waals surface area contributed by atoms with Crippen molar-refractivity contribution in [2.45, 2.75) is 13.2 Å². The summed E-state index contributed by atoms with van der Waals surface area (Å²) >= 11 is 0. The largest absolute Gasteiger partial charge is 0.489 e. The molecule has 0 saturated heterocycles. The fourth-order valence-corrected chi connectivity index (χ4v) is 2.24. The van der Waals surface area contributed by atoms with Crippen LogP contribution in [-0.4, -0.2) is 0 Å². The molecule has 21 heavy (non-hydrogen) atoms. The van der Waals surface area contributed by atoms with Crippen LogP contribution in [-0.2, 0) is 13.2 Å². The monoisotopic (exact) mass is 289 g/mol. The molecule has 3 rings (SSSR count). The average Bonchev–Trinajstić information content (AvgIpc) is 2.82. The first-order valence-corrected chi connectivity index (χ1v) is 6.45. The minimum atomic E-state index is -0.680. The number of fused-ring (bicyclic) bond motifs is 1. The van der Waals surface area contributed by atoms with Crippen LogP contribution in [0.4, 0.5) is 8.78 Å². The van der Waals surface area contributed by atoms with Gasteiger partial charge in [0.05, 0.1) is 6.54 Å². The molecule has 3 nitrogen and oxygen atoms in total. The third-order valence-corrected chi connectivity index (χ3v) is 3.19. The van der Waals surface area contributed by atoms with E-state index in [0.717, 1.165) is 29.1 Å². The molecule has 0 radical (unpaired) electrons. The first kappa shape index (κ1) is 13.6. The highest BCUT2D eigenvalue weighted by atomic mass is 19.1. The lowest BCUT2D eigenvalue weighted by Gasteiger charge is -2.07. The number of benzene rings is 2. The van der Waals surface area contributed by atoms with E-state index in [1.165, 1.54) is 0 Å². The van der Waals surface area contributed by atoms with Crippen LogP contribution in [0.1, 0.15) is 11.3 Å². The van der Waals surface area contributed by atoms with Gasteiger partial charge < -0.3 is 14.9 Å². The van der Waals surface area contributed by atoms with E-state index in [1.807, 2.05) is 24.3 Å². The first-order chi connectivity index (χ1) is 10.2. The zero-order valence-electron chi connectivity index (χ0n) is 11.1. The highest BCUT2D eigenvalue weighted by Gasteiger charge is 2.13. The Morgan fingerprint density at radius 2 is 1.76 bits per heavy atom. The summed E-state index contributed by atoms with van der Waals surface area (Å²) in [7, 11) is 0. The minimum Gasteiger partial charge on any atom is -0.489 e. The quantitative estimate of drug-likeness (QED) is 0.795. The number of furan rings is 1. The summed E-state index contributed by atoms with van der Waals surface area (Å²) in [6, 6.07) is 10.5. The molecule has 0 aliphatic heterocycles. The molecule has 2 aromatic carbocycles. The van der Waals surface area contributed by atoms with Gasteiger partial charge in [-0.15, -0.1) is 0 Å². The molecule has 0 aliphatic carbocycles. The molecule has 5 heteroatoms. The van der Waals surface area contributed by atoms with Gasteiger partial charge in [-0.05, 0) is 6.07 Å². The molecule has 3 aromatic rings. The number of halogens is 2. The summed E-state index contributed by atoms with van der Waals surface area (Å²) in [5.74, 6) is -0.629. The standard InChI is InChI=1S/C16H13F2NO2/c17-10-5-11(18)7-12(6-10)20-9-14-13-3-1-2-4-15(13)21-16(14)8-19/h1-7H,8-9,19H2. The highest BCUT2D eigenvalue weighted by molar-refractivity contribution is 5.82. The zero-order valence-corrected chi connectivity index (χ0v) is 11.1. The van der Waals surface area contributed by atoms with Crippen molar-refractivity contribution in [2.24, 2.45) is 5.73 Å². The fourth-order valence-electron chi connectivity index (χ4n) is 2.24. The van der Waals surface area contributed by atoms with E-state index < -0.39 is 11.6 Å². The van der Waals surface area contributed by atoms with Gasteiger partial charge in [0.2, 0.25) is 0 Å². The van der Waals surface area contributed by atoms with Crippen molar-refractivity contribution < 1.29 is 17.9 Å². The van der Waals surface area contributed by atoms with E-state index in [0.29, 0.717) is 11.3 Å².